The third-order valence-electron chi connectivity index (χ3n) is 0.357. The van der Waals surface area contributed by atoms with E-state index in [0.29, 0.717) is 0 Å². The summed E-state index contributed by atoms with van der Waals surface area (Å²) in [5.74, 6) is -2.87. The minimum atomic E-state index is -2.17. The van der Waals surface area contributed by atoms with Crippen LogP contribution in [0, 0.1) is 0 Å². The van der Waals surface area contributed by atoms with E-state index in [4.69, 9.17) is 49.8 Å². The maximum atomic E-state index is 10.5. The van der Waals surface area contributed by atoms with Gasteiger partial charge in [-0.2, -0.15) is 0 Å². The molecular formula is C4H4Cl3FO4. The van der Waals surface area contributed by atoms with Crippen molar-refractivity contribution in [2.45, 2.75) is 3.79 Å². The fourth-order valence-corrected chi connectivity index (χ4v) is 0. The van der Waals surface area contributed by atoms with E-state index in [9.17, 15) is 9.18 Å². The summed E-state index contributed by atoms with van der Waals surface area (Å²) in [6.07, 6.45) is 0. The molecule has 12 heavy (non-hydrogen) atoms. The number of carboxylic acids is 2. The summed E-state index contributed by atoms with van der Waals surface area (Å²) in [5.41, 5.74) is 0. The smallest absolute Gasteiger partial charge is 0.356 e. The number of alkyl halides is 4. The van der Waals surface area contributed by atoms with Crippen molar-refractivity contribution in [2.75, 3.05) is 6.67 Å². The minimum absolute atomic E-state index is 1.28. The van der Waals surface area contributed by atoms with Crippen molar-refractivity contribution in [3.05, 3.63) is 0 Å². The average Bonchev–Trinajstić information content (AvgIpc) is 1.87. The maximum Gasteiger partial charge on any atom is 0.356 e. The molecule has 0 atom stereocenters. The normalized spacial score (nSPS) is 9.67. The zero-order valence-electron chi connectivity index (χ0n) is 5.43. The monoisotopic (exact) mass is 240 g/mol. The highest BCUT2D eigenvalue weighted by atomic mass is 35.6. The Morgan fingerprint density at radius 3 is 1.42 bits per heavy atom. The van der Waals surface area contributed by atoms with E-state index in [-0.39, 0.29) is 0 Å². The predicted octanol–water partition coefficient (Wildman–Crippen LogP) is 1.48. The Morgan fingerprint density at radius 1 is 1.25 bits per heavy atom. The lowest BCUT2D eigenvalue weighted by molar-refractivity contribution is -0.138. The number of aliphatic carboxylic acids is 2. The van der Waals surface area contributed by atoms with Crippen LogP contribution in [0.4, 0.5) is 4.39 Å². The molecule has 0 heterocycles. The van der Waals surface area contributed by atoms with Gasteiger partial charge in [-0.05, 0) is 0 Å². The molecule has 72 valence electrons. The van der Waals surface area contributed by atoms with Crippen LogP contribution in [-0.4, -0.2) is 32.6 Å². The molecule has 0 spiro atoms. The van der Waals surface area contributed by atoms with E-state index >= 15 is 0 Å². The fourth-order valence-electron chi connectivity index (χ4n) is 0. The second-order valence-corrected chi connectivity index (χ2v) is 3.61. The summed E-state index contributed by atoms with van der Waals surface area (Å²) >= 11 is 14.4. The zero-order chi connectivity index (χ0) is 10.4. The molecule has 0 unspecified atom stereocenters. The van der Waals surface area contributed by atoms with E-state index < -0.39 is 22.4 Å². The summed E-state index contributed by atoms with van der Waals surface area (Å²) in [7, 11) is 0. The lowest BCUT2D eigenvalue weighted by Crippen LogP contribution is -2.16. The van der Waals surface area contributed by atoms with Gasteiger partial charge in [-0.3, -0.25) is 0 Å². The molecule has 0 aromatic rings. The van der Waals surface area contributed by atoms with Gasteiger partial charge < -0.3 is 10.2 Å². The van der Waals surface area contributed by atoms with Crippen LogP contribution in [-0.2, 0) is 9.59 Å². The topological polar surface area (TPSA) is 74.6 Å². The average molecular weight is 241 g/mol. The van der Waals surface area contributed by atoms with Gasteiger partial charge in [0.1, 0.15) is 0 Å². The second-order valence-electron chi connectivity index (χ2n) is 1.33. The van der Waals surface area contributed by atoms with Gasteiger partial charge in [0.2, 0.25) is 0 Å². The maximum absolute atomic E-state index is 10.5. The van der Waals surface area contributed by atoms with Crippen molar-refractivity contribution in [3.8, 4) is 0 Å². The zero-order valence-corrected chi connectivity index (χ0v) is 7.70. The van der Waals surface area contributed by atoms with Gasteiger partial charge in [0.15, 0.2) is 6.67 Å². The first-order valence-electron chi connectivity index (χ1n) is 2.29. The van der Waals surface area contributed by atoms with Crippen molar-refractivity contribution in [3.63, 3.8) is 0 Å². The van der Waals surface area contributed by atoms with Crippen LogP contribution < -0.4 is 0 Å². The summed E-state index contributed by atoms with van der Waals surface area (Å²) < 4.78 is 8.35. The fraction of sp³-hybridized carbons (Fsp3) is 0.500. The lowest BCUT2D eigenvalue weighted by atomic mass is 10.8. The van der Waals surface area contributed by atoms with Crippen molar-refractivity contribution >= 4 is 46.7 Å². The second kappa shape index (κ2) is 6.28. The molecule has 0 aliphatic carbocycles. The van der Waals surface area contributed by atoms with E-state index in [1.165, 1.54) is 0 Å². The van der Waals surface area contributed by atoms with Crippen molar-refractivity contribution < 1.29 is 24.2 Å². The number of carboxylic acid groups (broad SMARTS) is 2. The standard InChI is InChI=1S/C2HCl3O2.C2H3FO2/c3-2(4,5)1(6)7;3-1-2(4)5/h(H,6,7);1H2,(H,4,5). The number of hydrogen-bond donors (Lipinski definition) is 2. The van der Waals surface area contributed by atoms with Crippen molar-refractivity contribution in [1.82, 2.24) is 0 Å². The third kappa shape index (κ3) is 12.4. The Kier molecular flexibility index (Phi) is 7.47. The van der Waals surface area contributed by atoms with Crippen LogP contribution in [0.15, 0.2) is 0 Å². The van der Waals surface area contributed by atoms with Crippen LogP contribution in [0.25, 0.3) is 0 Å². The summed E-state index contributed by atoms with van der Waals surface area (Å²) in [5, 5.41) is 15.2. The highest BCUT2D eigenvalue weighted by molar-refractivity contribution is 6.75. The molecule has 0 aliphatic heterocycles. The van der Waals surface area contributed by atoms with E-state index in [0.717, 1.165) is 0 Å². The van der Waals surface area contributed by atoms with E-state index in [2.05, 4.69) is 0 Å². The van der Waals surface area contributed by atoms with Crippen LogP contribution in [0.2, 0.25) is 0 Å². The van der Waals surface area contributed by atoms with Crippen LogP contribution in [0.5, 0.6) is 0 Å². The Balaban J connectivity index is 0. The highest BCUT2D eigenvalue weighted by Crippen LogP contribution is 2.25. The Hall–Kier alpha value is -0.260. The molecule has 8 heteroatoms. The van der Waals surface area contributed by atoms with E-state index in [1.807, 2.05) is 0 Å². The molecule has 0 saturated heterocycles. The van der Waals surface area contributed by atoms with Gasteiger partial charge in [-0.25, -0.2) is 14.0 Å². The van der Waals surface area contributed by atoms with Gasteiger partial charge >= 0.3 is 11.9 Å². The molecule has 0 amide bonds. The Bertz CT molecular complexity index is 166. The molecule has 0 aliphatic rings. The molecule has 0 radical (unpaired) electrons. The molecule has 0 aromatic carbocycles. The van der Waals surface area contributed by atoms with E-state index in [1.54, 1.807) is 0 Å². The van der Waals surface area contributed by atoms with Crippen LogP contribution >= 0.6 is 34.8 Å². The van der Waals surface area contributed by atoms with Crippen LogP contribution in [0.3, 0.4) is 0 Å². The number of halogens is 4. The van der Waals surface area contributed by atoms with Crippen molar-refractivity contribution in [1.29, 1.82) is 0 Å². The SMILES string of the molecule is O=C(O)C(Cl)(Cl)Cl.O=C(O)CF. The van der Waals surface area contributed by atoms with Gasteiger partial charge in [-0.15, -0.1) is 0 Å². The minimum Gasteiger partial charge on any atom is -0.479 e. The predicted molar refractivity (Wildman–Crippen MR) is 41.5 cm³/mol. The molecular weight excluding hydrogens is 237 g/mol. The van der Waals surface area contributed by atoms with Gasteiger partial charge in [0, 0.05) is 0 Å². The lowest BCUT2D eigenvalue weighted by Gasteiger charge is -1.99. The summed E-state index contributed by atoms with van der Waals surface area (Å²) in [6.45, 7) is -1.28. The summed E-state index contributed by atoms with van der Waals surface area (Å²) in [6, 6.07) is 0. The Morgan fingerprint density at radius 2 is 1.42 bits per heavy atom. The Labute approximate surface area is 81.8 Å². The molecule has 0 aromatic heterocycles. The first-order chi connectivity index (χ1) is 5.21. The first-order valence-corrected chi connectivity index (χ1v) is 3.43. The molecule has 0 bridgehead atoms. The number of hydrogen-bond acceptors (Lipinski definition) is 2. The molecule has 2 N–H and O–H groups in total. The molecule has 0 saturated carbocycles. The number of carbonyl (C=O) groups is 2. The molecule has 4 nitrogen and oxygen atoms in total. The van der Waals surface area contributed by atoms with Crippen LogP contribution in [0.1, 0.15) is 0 Å². The highest BCUT2D eigenvalue weighted by Gasteiger charge is 2.29. The van der Waals surface area contributed by atoms with Gasteiger partial charge in [0.25, 0.3) is 3.79 Å². The molecule has 0 rings (SSSR count). The quantitative estimate of drug-likeness (QED) is 0.682. The van der Waals surface area contributed by atoms with Crippen molar-refractivity contribution in [2.24, 2.45) is 0 Å². The number of rotatable bonds is 1. The third-order valence-corrected chi connectivity index (χ3v) is 0.842. The van der Waals surface area contributed by atoms with Gasteiger partial charge in [0.05, 0.1) is 0 Å². The molecule has 0 fully saturated rings. The van der Waals surface area contributed by atoms with Gasteiger partial charge in [-0.1, -0.05) is 34.8 Å². The largest absolute Gasteiger partial charge is 0.479 e. The first kappa shape index (κ1) is 14.3. The summed E-state index contributed by atoms with van der Waals surface area (Å²) in [4.78, 5) is 18.6.